The molecule has 0 N–H and O–H groups in total. The maximum absolute atomic E-state index is 13.0. The van der Waals surface area contributed by atoms with Crippen LogP contribution in [0.1, 0.15) is 76.9 Å². The van der Waals surface area contributed by atoms with Crippen molar-refractivity contribution in [3.8, 4) is 17.2 Å². The average molecular weight is 567 g/mol. The van der Waals surface area contributed by atoms with Gasteiger partial charge in [0.25, 0.3) is 0 Å². The first kappa shape index (κ1) is 33.1. The van der Waals surface area contributed by atoms with Crippen molar-refractivity contribution in [3.05, 3.63) is 71.8 Å². The minimum Gasteiger partial charge on any atom is -0.496 e. The quantitative estimate of drug-likeness (QED) is 0.0952. The number of methoxy groups -OCH3 is 2. The maximum Gasteiger partial charge on any atom is 0.410 e. The van der Waals surface area contributed by atoms with E-state index in [1.165, 1.54) is 18.2 Å². The Morgan fingerprint density at radius 1 is 0.780 bits per heavy atom. The lowest BCUT2D eigenvalue weighted by Gasteiger charge is -2.26. The highest BCUT2D eigenvalue weighted by atomic mass is 16.9. The zero-order valence-electron chi connectivity index (χ0n) is 25.7. The van der Waals surface area contributed by atoms with Crippen molar-refractivity contribution in [1.29, 1.82) is 0 Å². The lowest BCUT2D eigenvalue weighted by atomic mass is 9.83. The van der Waals surface area contributed by atoms with Crippen LogP contribution in [0.4, 0.5) is 0 Å². The lowest BCUT2D eigenvalue weighted by molar-refractivity contribution is -0.244. The fourth-order valence-electron chi connectivity index (χ4n) is 3.42. The second-order valence-electron chi connectivity index (χ2n) is 12.1. The second-order valence-corrected chi connectivity index (χ2v) is 12.1. The Kier molecular flexibility index (Phi) is 10.6. The smallest absolute Gasteiger partial charge is 0.410 e. The minimum atomic E-state index is -1.60. The van der Waals surface area contributed by atoms with Crippen molar-refractivity contribution in [2.75, 3.05) is 14.2 Å². The molecule has 0 atom stereocenters. The third-order valence-corrected chi connectivity index (χ3v) is 6.19. The number of benzene rings is 2. The maximum atomic E-state index is 13.0. The van der Waals surface area contributed by atoms with Crippen LogP contribution in [0.5, 0.6) is 17.2 Å². The Bertz CT molecular complexity index is 1260. The van der Waals surface area contributed by atoms with Crippen molar-refractivity contribution < 1.29 is 38.1 Å². The molecule has 0 heterocycles. The standard InChI is InChI=1S/C33H42O8/c1-12-33(8,9)24-18-20-26(37-10)23(27(24)38-11)17-19-25(34)21-13-15-22(16-14-21)39-30(40-28(35)31(2,3)4)41-29(36)32(5,6)7/h12-20,30H,1H2,2-11H3/b19-17+. The summed E-state index contributed by atoms with van der Waals surface area (Å²) in [5, 5.41) is 0. The fraction of sp³-hybridized carbons (Fsp3) is 0.424. The van der Waals surface area contributed by atoms with Gasteiger partial charge in [-0.2, -0.15) is 0 Å². The van der Waals surface area contributed by atoms with E-state index in [2.05, 4.69) is 6.58 Å². The number of ether oxygens (including phenoxy) is 5. The molecule has 0 radical (unpaired) electrons. The molecule has 0 saturated heterocycles. The average Bonchev–Trinajstić information content (AvgIpc) is 2.90. The second kappa shape index (κ2) is 13.1. The van der Waals surface area contributed by atoms with Gasteiger partial charge in [-0.05, 0) is 84.0 Å². The number of ketones is 1. The summed E-state index contributed by atoms with van der Waals surface area (Å²) < 4.78 is 27.6. The molecule has 2 rings (SSSR count). The topological polar surface area (TPSA) is 97.4 Å². The number of allylic oxidation sites excluding steroid dienone is 2. The SMILES string of the molecule is C=CC(C)(C)c1ccc(OC)c(/C=C/C(=O)c2ccc(OC(OC(=O)C(C)(C)C)OC(=O)C(C)(C)C)cc2)c1OC. The largest absolute Gasteiger partial charge is 0.496 e. The van der Waals surface area contributed by atoms with Crippen LogP contribution < -0.4 is 14.2 Å². The van der Waals surface area contributed by atoms with Crippen LogP contribution in [0.2, 0.25) is 0 Å². The van der Waals surface area contributed by atoms with Crippen LogP contribution in [-0.2, 0) is 24.5 Å². The molecule has 0 fully saturated rings. The molecule has 0 aliphatic heterocycles. The van der Waals surface area contributed by atoms with E-state index in [1.54, 1.807) is 74.0 Å². The molecule has 2 aromatic carbocycles. The molecule has 41 heavy (non-hydrogen) atoms. The van der Waals surface area contributed by atoms with Crippen LogP contribution in [0, 0.1) is 10.8 Å². The first-order valence-corrected chi connectivity index (χ1v) is 13.2. The van der Waals surface area contributed by atoms with Gasteiger partial charge in [0, 0.05) is 16.5 Å². The Balaban J connectivity index is 2.30. The molecule has 0 amide bonds. The van der Waals surface area contributed by atoms with E-state index in [0.717, 1.165) is 5.56 Å². The van der Waals surface area contributed by atoms with Gasteiger partial charge in [-0.3, -0.25) is 14.4 Å². The highest BCUT2D eigenvalue weighted by Gasteiger charge is 2.33. The number of esters is 2. The molecule has 0 bridgehead atoms. The van der Waals surface area contributed by atoms with Gasteiger partial charge in [-0.15, -0.1) is 6.58 Å². The van der Waals surface area contributed by atoms with Crippen molar-refractivity contribution in [3.63, 3.8) is 0 Å². The normalized spacial score (nSPS) is 12.2. The third-order valence-electron chi connectivity index (χ3n) is 6.19. The molecule has 222 valence electrons. The van der Waals surface area contributed by atoms with Gasteiger partial charge in [0.05, 0.1) is 30.6 Å². The van der Waals surface area contributed by atoms with Gasteiger partial charge >= 0.3 is 18.4 Å². The van der Waals surface area contributed by atoms with Gasteiger partial charge in [-0.1, -0.05) is 26.0 Å². The first-order chi connectivity index (χ1) is 18.9. The van der Waals surface area contributed by atoms with Crippen molar-refractivity contribution >= 4 is 23.8 Å². The van der Waals surface area contributed by atoms with E-state index < -0.39 is 29.2 Å². The summed E-state index contributed by atoms with van der Waals surface area (Å²) in [5.74, 6) is -0.104. The number of hydrogen-bond acceptors (Lipinski definition) is 8. The third kappa shape index (κ3) is 8.71. The fourth-order valence-corrected chi connectivity index (χ4v) is 3.42. The highest BCUT2D eigenvalue weighted by Crippen LogP contribution is 2.40. The predicted molar refractivity (Wildman–Crippen MR) is 158 cm³/mol. The minimum absolute atomic E-state index is 0.238. The number of carbonyl (C=O) groups excluding carboxylic acids is 3. The molecule has 2 aromatic rings. The Labute approximate surface area is 243 Å². The molecule has 0 spiro atoms. The van der Waals surface area contributed by atoms with Gasteiger partial charge < -0.3 is 23.7 Å². The van der Waals surface area contributed by atoms with Crippen molar-refractivity contribution in [2.45, 2.75) is 67.3 Å². The summed E-state index contributed by atoms with van der Waals surface area (Å²) in [6.45, 7) is 16.4. The molecular formula is C33H42O8. The van der Waals surface area contributed by atoms with Crippen LogP contribution in [0.15, 0.2) is 55.1 Å². The van der Waals surface area contributed by atoms with Gasteiger partial charge in [0.1, 0.15) is 17.2 Å². The Morgan fingerprint density at radius 3 is 1.76 bits per heavy atom. The predicted octanol–water partition coefficient (Wildman–Crippen LogP) is 6.90. The van der Waals surface area contributed by atoms with E-state index in [1.807, 2.05) is 32.1 Å². The lowest BCUT2D eigenvalue weighted by Crippen LogP contribution is -2.37. The van der Waals surface area contributed by atoms with Crippen molar-refractivity contribution in [2.24, 2.45) is 10.8 Å². The van der Waals surface area contributed by atoms with Crippen LogP contribution >= 0.6 is 0 Å². The van der Waals surface area contributed by atoms with E-state index in [-0.39, 0.29) is 16.9 Å². The summed E-state index contributed by atoms with van der Waals surface area (Å²) >= 11 is 0. The Hall–Kier alpha value is -4.07. The first-order valence-electron chi connectivity index (χ1n) is 13.2. The Morgan fingerprint density at radius 2 is 1.32 bits per heavy atom. The number of rotatable bonds is 11. The van der Waals surface area contributed by atoms with Gasteiger partial charge in [0.15, 0.2) is 5.78 Å². The van der Waals surface area contributed by atoms with Crippen LogP contribution in [0.25, 0.3) is 6.08 Å². The molecule has 0 unspecified atom stereocenters. The van der Waals surface area contributed by atoms with Gasteiger partial charge in [-0.25, -0.2) is 0 Å². The molecule has 8 heteroatoms. The summed E-state index contributed by atoms with van der Waals surface area (Å²) in [6.07, 6.45) is 4.92. The number of hydrogen-bond donors (Lipinski definition) is 0. The van der Waals surface area contributed by atoms with E-state index in [9.17, 15) is 14.4 Å². The summed E-state index contributed by atoms with van der Waals surface area (Å²) in [5.41, 5.74) is -0.155. The van der Waals surface area contributed by atoms with Crippen LogP contribution in [-0.4, -0.2) is 38.4 Å². The zero-order chi connectivity index (χ0) is 31.2. The monoisotopic (exact) mass is 566 g/mol. The van der Waals surface area contributed by atoms with Gasteiger partial charge in [0.2, 0.25) is 0 Å². The van der Waals surface area contributed by atoms with E-state index in [4.69, 9.17) is 23.7 Å². The van der Waals surface area contributed by atoms with Crippen LogP contribution in [0.3, 0.4) is 0 Å². The molecule has 8 nitrogen and oxygen atoms in total. The summed E-state index contributed by atoms with van der Waals surface area (Å²) in [4.78, 5) is 37.9. The van der Waals surface area contributed by atoms with Crippen molar-refractivity contribution in [1.82, 2.24) is 0 Å². The summed E-state index contributed by atoms with van der Waals surface area (Å²) in [7, 11) is 3.12. The molecule has 0 aliphatic rings. The highest BCUT2D eigenvalue weighted by molar-refractivity contribution is 6.07. The molecule has 0 saturated carbocycles. The molecular weight excluding hydrogens is 524 g/mol. The summed E-state index contributed by atoms with van der Waals surface area (Å²) in [6, 6.07) is 9.91. The molecule has 0 aliphatic carbocycles. The van der Waals surface area contributed by atoms with E-state index in [0.29, 0.717) is 22.6 Å². The number of carbonyl (C=O) groups is 3. The van der Waals surface area contributed by atoms with E-state index >= 15 is 0 Å². The molecule has 0 aromatic heterocycles. The zero-order valence-corrected chi connectivity index (χ0v) is 25.7.